The molecule has 0 radical (unpaired) electrons. The van der Waals surface area contributed by atoms with Crippen LogP contribution in [0, 0.1) is 0 Å². The number of rotatable bonds is 5. The topological polar surface area (TPSA) is 17.1 Å². The number of hydrogen-bond acceptors (Lipinski definition) is 2. The van der Waals surface area contributed by atoms with Crippen molar-refractivity contribution in [1.29, 1.82) is 0 Å². The van der Waals surface area contributed by atoms with Gasteiger partial charge < -0.3 is 0 Å². The molecule has 1 aliphatic rings. The Morgan fingerprint density at radius 2 is 1.17 bits per heavy atom. The lowest BCUT2D eigenvalue weighted by Gasteiger charge is -2.22. The summed E-state index contributed by atoms with van der Waals surface area (Å²) in [5.74, 6) is 0. The van der Waals surface area contributed by atoms with Gasteiger partial charge in [0.15, 0.2) is 5.43 Å². The summed E-state index contributed by atoms with van der Waals surface area (Å²) in [5, 5.41) is 0.715. The Morgan fingerprint density at radius 3 is 1.81 bits per heavy atom. The predicted octanol–water partition coefficient (Wildman–Crippen LogP) is 10.9. The van der Waals surface area contributed by atoms with Gasteiger partial charge in [0.2, 0.25) is 0 Å². The van der Waals surface area contributed by atoms with E-state index < -0.39 is 0 Å². The van der Waals surface area contributed by atoms with Crippen LogP contribution < -0.4 is 5.43 Å². The molecule has 0 bridgehead atoms. The van der Waals surface area contributed by atoms with Crippen molar-refractivity contribution >= 4 is 33.6 Å². The zero-order valence-corrected chi connectivity index (χ0v) is 24.6. The third-order valence-corrected chi connectivity index (χ3v) is 9.83. The summed E-state index contributed by atoms with van der Waals surface area (Å²) in [5.41, 5.74) is 12.9. The molecule has 42 heavy (non-hydrogen) atoms. The van der Waals surface area contributed by atoms with Crippen molar-refractivity contribution in [3.63, 3.8) is 0 Å². The van der Waals surface area contributed by atoms with Gasteiger partial charge in [-0.2, -0.15) is 0 Å². The number of benzene rings is 5. The van der Waals surface area contributed by atoms with E-state index >= 15 is 0 Å². The summed E-state index contributed by atoms with van der Waals surface area (Å²) in [7, 11) is 0. The van der Waals surface area contributed by atoms with E-state index in [-0.39, 0.29) is 10.8 Å². The Balaban J connectivity index is 1.27. The van der Waals surface area contributed by atoms with E-state index in [2.05, 4.69) is 124 Å². The highest BCUT2D eigenvalue weighted by molar-refractivity contribution is 7.19. The van der Waals surface area contributed by atoms with Gasteiger partial charge in [0, 0.05) is 25.9 Å². The van der Waals surface area contributed by atoms with E-state index in [1.807, 2.05) is 12.1 Å². The first-order valence-corrected chi connectivity index (χ1v) is 15.0. The molecule has 0 N–H and O–H groups in total. The summed E-state index contributed by atoms with van der Waals surface area (Å²) in [6, 6.07) is 39.1. The molecule has 7 rings (SSSR count). The van der Waals surface area contributed by atoms with Crippen LogP contribution in [0.5, 0.6) is 0 Å². The summed E-state index contributed by atoms with van der Waals surface area (Å²) in [4.78, 5) is 14.1. The van der Waals surface area contributed by atoms with Gasteiger partial charge in [0.25, 0.3) is 0 Å². The van der Waals surface area contributed by atoms with Crippen molar-refractivity contribution in [2.45, 2.75) is 19.3 Å². The molecule has 0 aliphatic heterocycles. The highest BCUT2D eigenvalue weighted by Crippen LogP contribution is 2.49. The molecule has 0 atom stereocenters. The smallest absolute Gasteiger partial charge is 0.195 e. The molecule has 0 spiro atoms. The maximum atomic E-state index is 13.2. The Bertz CT molecular complexity index is 2130. The van der Waals surface area contributed by atoms with Crippen molar-refractivity contribution in [2.24, 2.45) is 0 Å². The van der Waals surface area contributed by atoms with Gasteiger partial charge in [0.1, 0.15) is 0 Å². The molecule has 0 saturated carbocycles. The van der Waals surface area contributed by atoms with Crippen molar-refractivity contribution in [3.8, 4) is 44.5 Å². The lowest BCUT2D eigenvalue weighted by molar-refractivity contribution is 0.660. The summed E-state index contributed by atoms with van der Waals surface area (Å²) in [6.07, 6.45) is 3.37. The lowest BCUT2D eigenvalue weighted by atomic mass is 9.81. The standard InChI is InChI=1S/C40H30OS/c1-5-31-37(6-2)42-38-20-18-29(23-34(38)39(31)41)27-13-9-11-25(21-27)26-12-10-14-28(22-26)30-17-19-33-32-15-7-8-16-35(32)40(3,4)36(33)24-30/h5-24H,1-2H2,3-4H3. The summed E-state index contributed by atoms with van der Waals surface area (Å²) >= 11 is 1.57. The van der Waals surface area contributed by atoms with Crippen LogP contribution in [-0.4, -0.2) is 0 Å². The number of hydrogen-bond donors (Lipinski definition) is 0. The Kier molecular flexibility index (Phi) is 6.18. The second-order valence-corrected chi connectivity index (χ2v) is 12.5. The fourth-order valence-electron chi connectivity index (χ4n) is 6.39. The summed E-state index contributed by atoms with van der Waals surface area (Å²) < 4.78 is 0.953. The quantitative estimate of drug-likeness (QED) is 0.206. The highest BCUT2D eigenvalue weighted by Gasteiger charge is 2.35. The third kappa shape index (κ3) is 4.10. The molecule has 6 aromatic rings. The molecule has 202 valence electrons. The van der Waals surface area contributed by atoms with Crippen molar-refractivity contribution in [3.05, 3.63) is 154 Å². The van der Waals surface area contributed by atoms with Crippen molar-refractivity contribution in [2.75, 3.05) is 0 Å². The monoisotopic (exact) mass is 558 g/mol. The first kappa shape index (κ1) is 26.1. The van der Waals surface area contributed by atoms with E-state index in [1.165, 1.54) is 33.4 Å². The average molecular weight is 559 g/mol. The SMILES string of the molecule is C=Cc1sc2ccc(-c3cccc(-c4cccc(-c5ccc6c(c5)C(C)(C)c5ccccc5-6)c4)c3)cc2c(=O)c1C=C. The fourth-order valence-corrected chi connectivity index (χ4v) is 7.40. The molecular weight excluding hydrogens is 529 g/mol. The maximum absolute atomic E-state index is 13.2. The molecule has 0 fully saturated rings. The van der Waals surface area contributed by atoms with Gasteiger partial charge in [-0.25, -0.2) is 0 Å². The van der Waals surface area contributed by atoms with E-state index in [9.17, 15) is 4.79 Å². The van der Waals surface area contributed by atoms with Crippen LogP contribution >= 0.6 is 11.3 Å². The van der Waals surface area contributed by atoms with Crippen LogP contribution in [-0.2, 0) is 5.41 Å². The first-order valence-electron chi connectivity index (χ1n) is 14.2. The normalized spacial score (nSPS) is 13.0. The van der Waals surface area contributed by atoms with Crippen molar-refractivity contribution in [1.82, 2.24) is 0 Å². The largest absolute Gasteiger partial charge is 0.289 e. The molecule has 1 nitrogen and oxygen atoms in total. The van der Waals surface area contributed by atoms with E-state index in [0.29, 0.717) is 10.9 Å². The van der Waals surface area contributed by atoms with Crippen LogP contribution in [0.2, 0.25) is 0 Å². The molecule has 0 amide bonds. The molecule has 1 heterocycles. The molecule has 0 unspecified atom stereocenters. The van der Waals surface area contributed by atoms with Gasteiger partial charge in [-0.3, -0.25) is 4.79 Å². The summed E-state index contributed by atoms with van der Waals surface area (Å²) in [6.45, 7) is 12.4. The van der Waals surface area contributed by atoms with E-state index in [1.54, 1.807) is 23.5 Å². The molecule has 1 aromatic heterocycles. The van der Waals surface area contributed by atoms with Crippen LogP contribution in [0.15, 0.2) is 127 Å². The maximum Gasteiger partial charge on any atom is 0.195 e. The minimum atomic E-state index is -0.0296. The van der Waals surface area contributed by atoms with Gasteiger partial charge in [-0.05, 0) is 86.0 Å². The van der Waals surface area contributed by atoms with Crippen LogP contribution in [0.4, 0.5) is 0 Å². The van der Waals surface area contributed by atoms with Gasteiger partial charge in [-0.15, -0.1) is 11.3 Å². The average Bonchev–Trinajstić information content (AvgIpc) is 3.27. The van der Waals surface area contributed by atoms with Crippen LogP contribution in [0.1, 0.15) is 35.4 Å². The van der Waals surface area contributed by atoms with E-state index in [0.717, 1.165) is 31.8 Å². The van der Waals surface area contributed by atoms with Gasteiger partial charge in [0.05, 0.1) is 0 Å². The van der Waals surface area contributed by atoms with Crippen LogP contribution in [0.25, 0.3) is 66.7 Å². The molecular formula is C40H30OS. The molecule has 1 aliphatic carbocycles. The molecule has 0 saturated heterocycles. The minimum absolute atomic E-state index is 0.0000224. The Morgan fingerprint density at radius 1 is 0.595 bits per heavy atom. The van der Waals surface area contributed by atoms with E-state index in [4.69, 9.17) is 0 Å². The first-order chi connectivity index (χ1) is 20.4. The Hall–Kier alpha value is -4.79. The number of fused-ring (bicyclic) bond motifs is 4. The van der Waals surface area contributed by atoms with Gasteiger partial charge in [-0.1, -0.05) is 118 Å². The second-order valence-electron chi connectivity index (χ2n) is 11.4. The highest BCUT2D eigenvalue weighted by atomic mass is 32.1. The van der Waals surface area contributed by atoms with Crippen LogP contribution in [0.3, 0.4) is 0 Å². The third-order valence-electron chi connectivity index (χ3n) is 8.65. The zero-order valence-electron chi connectivity index (χ0n) is 23.8. The lowest BCUT2D eigenvalue weighted by Crippen LogP contribution is -2.14. The minimum Gasteiger partial charge on any atom is -0.289 e. The van der Waals surface area contributed by atoms with Crippen molar-refractivity contribution < 1.29 is 0 Å². The molecule has 5 aromatic carbocycles. The second kappa shape index (κ2) is 9.94. The van der Waals surface area contributed by atoms with Gasteiger partial charge >= 0.3 is 0 Å². The zero-order chi connectivity index (χ0) is 29.0. The molecule has 2 heteroatoms. The predicted molar refractivity (Wildman–Crippen MR) is 182 cm³/mol. The Labute approximate surface area is 250 Å². The fraction of sp³-hybridized carbons (Fsp3) is 0.0750.